The van der Waals surface area contributed by atoms with E-state index < -0.39 is 0 Å². The number of anilines is 1. The van der Waals surface area contributed by atoms with E-state index in [0.717, 1.165) is 17.9 Å². The topological polar surface area (TPSA) is 56.3 Å². The minimum Gasteiger partial charge on any atom is -0.491 e. The zero-order valence-corrected chi connectivity index (χ0v) is 14.5. The van der Waals surface area contributed by atoms with Gasteiger partial charge in [0.15, 0.2) is 11.6 Å². The van der Waals surface area contributed by atoms with Crippen molar-refractivity contribution in [2.75, 3.05) is 19.5 Å². The molecule has 1 aromatic heterocycles. The van der Waals surface area contributed by atoms with Crippen LogP contribution in [0.5, 0.6) is 5.75 Å². The number of methoxy groups -OCH3 is 2. The first-order valence-corrected chi connectivity index (χ1v) is 8.36. The van der Waals surface area contributed by atoms with Gasteiger partial charge < -0.3 is 14.8 Å². The number of aromatic nitrogens is 2. The van der Waals surface area contributed by atoms with Crippen LogP contribution in [0.15, 0.2) is 6.33 Å². The van der Waals surface area contributed by atoms with Crippen LogP contribution in [0.4, 0.5) is 5.82 Å². The Hall–Kier alpha value is -1.36. The lowest BCUT2D eigenvalue weighted by Crippen LogP contribution is -2.17. The van der Waals surface area contributed by atoms with Gasteiger partial charge in [0.05, 0.1) is 13.7 Å². The molecule has 0 saturated heterocycles. The number of rotatable bonds is 12. The average Bonchev–Trinajstić information content (AvgIpc) is 2.51. The maximum absolute atomic E-state index is 5.43. The molecule has 126 valence electrons. The molecule has 22 heavy (non-hydrogen) atoms. The summed E-state index contributed by atoms with van der Waals surface area (Å²) in [7, 11) is 3.29. The van der Waals surface area contributed by atoms with Gasteiger partial charge in [-0.2, -0.15) is 0 Å². The highest BCUT2D eigenvalue weighted by molar-refractivity contribution is 5.52. The first-order chi connectivity index (χ1) is 10.7. The number of nitrogens with zero attached hydrogens (tertiary/aromatic N) is 2. The van der Waals surface area contributed by atoms with E-state index in [1.165, 1.54) is 38.5 Å². The monoisotopic (exact) mass is 309 g/mol. The summed E-state index contributed by atoms with van der Waals surface area (Å²) in [5.41, 5.74) is 0.772. The van der Waals surface area contributed by atoms with E-state index in [9.17, 15) is 0 Å². The van der Waals surface area contributed by atoms with Crippen LogP contribution in [0.2, 0.25) is 0 Å². The van der Waals surface area contributed by atoms with Gasteiger partial charge in [0.25, 0.3) is 0 Å². The number of nitrogens with one attached hydrogen (secondary N) is 1. The highest BCUT2D eigenvalue weighted by Crippen LogP contribution is 2.26. The van der Waals surface area contributed by atoms with Crippen molar-refractivity contribution in [1.82, 2.24) is 9.97 Å². The first kappa shape index (κ1) is 18.7. The van der Waals surface area contributed by atoms with Crippen molar-refractivity contribution in [3.8, 4) is 5.75 Å². The number of hydrogen-bond acceptors (Lipinski definition) is 5. The Kier molecular flexibility index (Phi) is 9.55. The molecule has 0 aliphatic carbocycles. The molecular weight excluding hydrogens is 278 g/mol. The Labute approximate surface area is 134 Å². The second kappa shape index (κ2) is 11.2. The summed E-state index contributed by atoms with van der Waals surface area (Å²) >= 11 is 0. The minimum atomic E-state index is 0.366. The molecule has 0 fully saturated rings. The van der Waals surface area contributed by atoms with Gasteiger partial charge in [0.2, 0.25) is 0 Å². The van der Waals surface area contributed by atoms with Crippen molar-refractivity contribution in [2.45, 2.75) is 71.4 Å². The highest BCUT2D eigenvalue weighted by Gasteiger charge is 2.13. The first-order valence-electron chi connectivity index (χ1n) is 8.36. The second-order valence-electron chi connectivity index (χ2n) is 5.74. The standard InChI is InChI=1S/C17H31N3O2/c1-5-6-7-8-9-10-11-14(2)20-17-16(22-4)15(12-21-3)18-13-19-17/h13-14H,5-12H2,1-4H3,(H,18,19,20). The summed E-state index contributed by atoms with van der Waals surface area (Å²) in [5, 5.41) is 3.43. The third kappa shape index (κ3) is 6.60. The largest absolute Gasteiger partial charge is 0.491 e. The third-order valence-corrected chi connectivity index (χ3v) is 3.74. The fraction of sp³-hybridized carbons (Fsp3) is 0.765. The van der Waals surface area contributed by atoms with E-state index in [1.807, 2.05) is 0 Å². The summed E-state index contributed by atoms with van der Waals surface area (Å²) in [4.78, 5) is 8.51. The van der Waals surface area contributed by atoms with Gasteiger partial charge in [-0.1, -0.05) is 45.4 Å². The zero-order chi connectivity index (χ0) is 16.2. The molecule has 1 unspecified atom stereocenters. The van der Waals surface area contributed by atoms with Crippen molar-refractivity contribution >= 4 is 5.82 Å². The van der Waals surface area contributed by atoms with Crippen LogP contribution in [0, 0.1) is 0 Å². The van der Waals surface area contributed by atoms with Gasteiger partial charge in [-0.05, 0) is 13.3 Å². The van der Waals surface area contributed by atoms with Crippen LogP contribution < -0.4 is 10.1 Å². The summed E-state index contributed by atoms with van der Waals surface area (Å²) < 4.78 is 10.6. The van der Waals surface area contributed by atoms with Crippen molar-refractivity contribution in [1.29, 1.82) is 0 Å². The molecule has 0 aliphatic heterocycles. The van der Waals surface area contributed by atoms with Gasteiger partial charge in [-0.3, -0.25) is 0 Å². The third-order valence-electron chi connectivity index (χ3n) is 3.74. The number of hydrogen-bond donors (Lipinski definition) is 1. The summed E-state index contributed by atoms with van der Waals surface area (Å²) in [6.07, 6.45) is 10.6. The molecule has 0 bridgehead atoms. The molecule has 0 saturated carbocycles. The average molecular weight is 309 g/mol. The molecule has 1 N–H and O–H groups in total. The summed E-state index contributed by atoms with van der Waals surface area (Å²) in [6, 6.07) is 0.366. The Bertz CT molecular complexity index is 413. The van der Waals surface area contributed by atoms with Crippen molar-refractivity contribution in [3.63, 3.8) is 0 Å². The number of ether oxygens (including phenoxy) is 2. The lowest BCUT2D eigenvalue weighted by Gasteiger charge is -2.17. The molecule has 1 aromatic rings. The molecule has 0 aromatic carbocycles. The van der Waals surface area contributed by atoms with Crippen molar-refractivity contribution in [2.24, 2.45) is 0 Å². The lowest BCUT2D eigenvalue weighted by molar-refractivity contribution is 0.178. The minimum absolute atomic E-state index is 0.366. The lowest BCUT2D eigenvalue weighted by atomic mass is 10.1. The maximum atomic E-state index is 5.43. The second-order valence-corrected chi connectivity index (χ2v) is 5.74. The van der Waals surface area contributed by atoms with Crippen molar-refractivity contribution < 1.29 is 9.47 Å². The SMILES string of the molecule is CCCCCCCCC(C)Nc1ncnc(COC)c1OC. The fourth-order valence-electron chi connectivity index (χ4n) is 2.50. The number of unbranched alkanes of at least 4 members (excludes halogenated alkanes) is 5. The van der Waals surface area contributed by atoms with E-state index >= 15 is 0 Å². The van der Waals surface area contributed by atoms with E-state index in [1.54, 1.807) is 20.5 Å². The van der Waals surface area contributed by atoms with E-state index in [0.29, 0.717) is 18.4 Å². The van der Waals surface area contributed by atoms with Gasteiger partial charge in [0, 0.05) is 13.2 Å². The van der Waals surface area contributed by atoms with E-state index in [2.05, 4.69) is 29.1 Å². The Morgan fingerprint density at radius 1 is 1.09 bits per heavy atom. The summed E-state index contributed by atoms with van der Waals surface area (Å²) in [5.74, 6) is 1.43. The maximum Gasteiger partial charge on any atom is 0.185 e. The molecule has 5 nitrogen and oxygen atoms in total. The Morgan fingerprint density at radius 2 is 1.82 bits per heavy atom. The fourth-order valence-corrected chi connectivity index (χ4v) is 2.50. The smallest absolute Gasteiger partial charge is 0.185 e. The van der Waals surface area contributed by atoms with Crippen LogP contribution in [0.25, 0.3) is 0 Å². The quantitative estimate of drug-likeness (QED) is 0.587. The van der Waals surface area contributed by atoms with Crippen LogP contribution in [-0.2, 0) is 11.3 Å². The summed E-state index contributed by atoms with van der Waals surface area (Å²) in [6.45, 7) is 4.86. The van der Waals surface area contributed by atoms with Gasteiger partial charge in [-0.25, -0.2) is 9.97 Å². The van der Waals surface area contributed by atoms with Gasteiger partial charge in [-0.15, -0.1) is 0 Å². The molecule has 0 amide bonds. The zero-order valence-electron chi connectivity index (χ0n) is 14.5. The molecule has 5 heteroatoms. The highest BCUT2D eigenvalue weighted by atomic mass is 16.5. The normalized spacial score (nSPS) is 12.2. The molecule has 0 spiro atoms. The van der Waals surface area contributed by atoms with Crippen LogP contribution in [-0.4, -0.2) is 30.2 Å². The molecule has 0 radical (unpaired) electrons. The van der Waals surface area contributed by atoms with Crippen LogP contribution in [0.3, 0.4) is 0 Å². The van der Waals surface area contributed by atoms with Gasteiger partial charge in [0.1, 0.15) is 12.0 Å². The van der Waals surface area contributed by atoms with Gasteiger partial charge >= 0.3 is 0 Å². The van der Waals surface area contributed by atoms with Crippen LogP contribution in [0.1, 0.15) is 64.5 Å². The van der Waals surface area contributed by atoms with Crippen LogP contribution >= 0.6 is 0 Å². The van der Waals surface area contributed by atoms with E-state index in [4.69, 9.17) is 9.47 Å². The van der Waals surface area contributed by atoms with E-state index in [-0.39, 0.29) is 0 Å². The Morgan fingerprint density at radius 3 is 2.50 bits per heavy atom. The molecule has 1 atom stereocenters. The molecule has 0 aliphatic rings. The predicted molar refractivity (Wildman–Crippen MR) is 90.4 cm³/mol. The molecule has 1 rings (SSSR count). The molecule has 1 heterocycles. The Balaban J connectivity index is 2.43. The predicted octanol–water partition coefficient (Wildman–Crippen LogP) is 4.18. The van der Waals surface area contributed by atoms with Crippen molar-refractivity contribution in [3.05, 3.63) is 12.0 Å². The molecular formula is C17H31N3O2.